The SMILES string of the molecule is Cc1ccc([C@H]2OC(=O)c3cc4c(cc32)OCCO4)cc1. The number of carbonyl (C=O) groups is 1. The fourth-order valence-corrected chi connectivity index (χ4v) is 2.72. The van der Waals surface area contributed by atoms with E-state index in [0.717, 1.165) is 11.1 Å². The highest BCUT2D eigenvalue weighted by atomic mass is 16.6. The van der Waals surface area contributed by atoms with Crippen molar-refractivity contribution in [3.8, 4) is 11.5 Å². The van der Waals surface area contributed by atoms with Crippen LogP contribution in [0.1, 0.15) is 33.2 Å². The predicted molar refractivity (Wildman–Crippen MR) is 75.9 cm³/mol. The molecule has 0 spiro atoms. The average Bonchev–Trinajstić information content (AvgIpc) is 2.83. The molecule has 2 aromatic carbocycles. The minimum atomic E-state index is -0.371. The summed E-state index contributed by atoms with van der Waals surface area (Å²) in [7, 11) is 0. The van der Waals surface area contributed by atoms with Crippen LogP contribution in [0.15, 0.2) is 36.4 Å². The number of hydrogen-bond donors (Lipinski definition) is 0. The molecule has 0 saturated heterocycles. The van der Waals surface area contributed by atoms with E-state index in [1.54, 1.807) is 6.07 Å². The molecule has 0 amide bonds. The Morgan fingerprint density at radius 3 is 2.38 bits per heavy atom. The summed E-state index contributed by atoms with van der Waals surface area (Å²) >= 11 is 0. The van der Waals surface area contributed by atoms with E-state index in [9.17, 15) is 4.79 Å². The first-order valence-electron chi connectivity index (χ1n) is 6.93. The van der Waals surface area contributed by atoms with Gasteiger partial charge in [0.25, 0.3) is 0 Å². The third-order valence-corrected chi connectivity index (χ3v) is 3.82. The maximum Gasteiger partial charge on any atom is 0.339 e. The first kappa shape index (κ1) is 12.3. The first-order chi connectivity index (χ1) is 10.2. The van der Waals surface area contributed by atoms with Gasteiger partial charge in [-0.05, 0) is 24.6 Å². The molecule has 0 aliphatic carbocycles. The Balaban J connectivity index is 1.81. The molecule has 0 aromatic heterocycles. The fourth-order valence-electron chi connectivity index (χ4n) is 2.72. The number of benzene rings is 2. The molecule has 4 nitrogen and oxygen atoms in total. The minimum Gasteiger partial charge on any atom is -0.486 e. The van der Waals surface area contributed by atoms with Crippen LogP contribution in [0.3, 0.4) is 0 Å². The zero-order chi connectivity index (χ0) is 14.4. The molecule has 4 rings (SSSR count). The molecule has 0 fully saturated rings. The van der Waals surface area contributed by atoms with Crippen LogP contribution < -0.4 is 9.47 Å². The second-order valence-electron chi connectivity index (χ2n) is 5.28. The highest BCUT2D eigenvalue weighted by Crippen LogP contribution is 2.42. The van der Waals surface area contributed by atoms with E-state index in [-0.39, 0.29) is 12.1 Å². The lowest BCUT2D eigenvalue weighted by Crippen LogP contribution is -2.16. The van der Waals surface area contributed by atoms with Gasteiger partial charge in [-0.1, -0.05) is 29.8 Å². The van der Waals surface area contributed by atoms with Crippen LogP contribution in [0.25, 0.3) is 0 Å². The summed E-state index contributed by atoms with van der Waals surface area (Å²) in [6.45, 7) is 3.05. The van der Waals surface area contributed by atoms with Crippen molar-refractivity contribution < 1.29 is 19.0 Å². The molecular weight excluding hydrogens is 268 g/mol. The lowest BCUT2D eigenvalue weighted by Gasteiger charge is -2.19. The molecular formula is C17H14O4. The molecule has 0 saturated carbocycles. The summed E-state index contributed by atoms with van der Waals surface area (Å²) in [6, 6.07) is 11.6. The maximum atomic E-state index is 12.1. The summed E-state index contributed by atoms with van der Waals surface area (Å²) in [4.78, 5) is 12.1. The second-order valence-corrected chi connectivity index (χ2v) is 5.28. The molecule has 0 N–H and O–H groups in total. The first-order valence-corrected chi connectivity index (χ1v) is 6.93. The Bertz CT molecular complexity index is 718. The Labute approximate surface area is 122 Å². The molecule has 2 heterocycles. The highest BCUT2D eigenvalue weighted by molar-refractivity contribution is 5.95. The van der Waals surface area contributed by atoms with Gasteiger partial charge in [0.15, 0.2) is 17.6 Å². The number of cyclic esters (lactones) is 1. The van der Waals surface area contributed by atoms with E-state index in [4.69, 9.17) is 14.2 Å². The predicted octanol–water partition coefficient (Wildman–Crippen LogP) is 3.03. The normalized spacial score (nSPS) is 19.1. The Morgan fingerprint density at radius 2 is 1.67 bits per heavy atom. The van der Waals surface area contributed by atoms with Crippen molar-refractivity contribution in [3.05, 3.63) is 58.7 Å². The molecule has 21 heavy (non-hydrogen) atoms. The van der Waals surface area contributed by atoms with E-state index in [1.807, 2.05) is 37.3 Å². The van der Waals surface area contributed by atoms with Gasteiger partial charge < -0.3 is 14.2 Å². The van der Waals surface area contributed by atoms with Crippen molar-refractivity contribution in [2.75, 3.05) is 13.2 Å². The lowest BCUT2D eigenvalue weighted by atomic mass is 9.98. The number of aryl methyl sites for hydroxylation is 1. The van der Waals surface area contributed by atoms with Crippen molar-refractivity contribution in [2.24, 2.45) is 0 Å². The highest BCUT2D eigenvalue weighted by Gasteiger charge is 2.34. The van der Waals surface area contributed by atoms with Crippen molar-refractivity contribution in [1.82, 2.24) is 0 Å². The van der Waals surface area contributed by atoms with Gasteiger partial charge >= 0.3 is 5.97 Å². The third-order valence-electron chi connectivity index (χ3n) is 3.82. The number of ether oxygens (including phenoxy) is 3. The van der Waals surface area contributed by atoms with Crippen LogP contribution in [-0.4, -0.2) is 19.2 Å². The molecule has 1 atom stereocenters. The summed E-state index contributed by atoms with van der Waals surface area (Å²) in [5, 5.41) is 0. The number of esters is 1. The van der Waals surface area contributed by atoms with E-state index in [0.29, 0.717) is 30.3 Å². The maximum absolute atomic E-state index is 12.1. The zero-order valence-electron chi connectivity index (χ0n) is 11.6. The number of hydrogen-bond acceptors (Lipinski definition) is 4. The van der Waals surface area contributed by atoms with Gasteiger partial charge in [0, 0.05) is 5.56 Å². The van der Waals surface area contributed by atoms with Crippen LogP contribution in [-0.2, 0) is 4.74 Å². The van der Waals surface area contributed by atoms with Gasteiger partial charge in [-0.15, -0.1) is 0 Å². The summed E-state index contributed by atoms with van der Waals surface area (Å²) < 4.78 is 16.6. The van der Waals surface area contributed by atoms with Crippen molar-refractivity contribution in [2.45, 2.75) is 13.0 Å². The Morgan fingerprint density at radius 1 is 1.00 bits per heavy atom. The Hall–Kier alpha value is -2.49. The number of fused-ring (bicyclic) bond motifs is 2. The number of rotatable bonds is 1. The second kappa shape index (κ2) is 4.52. The van der Waals surface area contributed by atoms with Gasteiger partial charge in [-0.3, -0.25) is 0 Å². The van der Waals surface area contributed by atoms with Crippen LogP contribution in [0.2, 0.25) is 0 Å². The van der Waals surface area contributed by atoms with Crippen LogP contribution in [0, 0.1) is 6.92 Å². The summed E-state index contributed by atoms with van der Waals surface area (Å²) in [6.07, 6.45) is -0.371. The molecule has 2 aliphatic rings. The monoisotopic (exact) mass is 282 g/mol. The van der Waals surface area contributed by atoms with E-state index in [1.165, 1.54) is 5.56 Å². The molecule has 2 aromatic rings. The average molecular weight is 282 g/mol. The molecule has 0 unspecified atom stereocenters. The van der Waals surface area contributed by atoms with Gasteiger partial charge in [0.1, 0.15) is 13.2 Å². The van der Waals surface area contributed by atoms with Gasteiger partial charge in [-0.2, -0.15) is 0 Å². The molecule has 0 bridgehead atoms. The van der Waals surface area contributed by atoms with E-state index in [2.05, 4.69) is 0 Å². The lowest BCUT2D eigenvalue weighted by molar-refractivity contribution is 0.0455. The van der Waals surface area contributed by atoms with Crippen molar-refractivity contribution in [1.29, 1.82) is 0 Å². The Kier molecular flexibility index (Phi) is 2.64. The van der Waals surface area contributed by atoms with E-state index < -0.39 is 0 Å². The quantitative estimate of drug-likeness (QED) is 0.754. The van der Waals surface area contributed by atoms with Crippen LogP contribution in [0.4, 0.5) is 0 Å². The van der Waals surface area contributed by atoms with Crippen molar-refractivity contribution in [3.63, 3.8) is 0 Å². The number of carbonyl (C=O) groups excluding carboxylic acids is 1. The fraction of sp³-hybridized carbons (Fsp3) is 0.235. The van der Waals surface area contributed by atoms with E-state index >= 15 is 0 Å². The molecule has 2 aliphatic heterocycles. The summed E-state index contributed by atoms with van der Waals surface area (Å²) in [5.74, 6) is 0.976. The molecule has 106 valence electrons. The smallest absolute Gasteiger partial charge is 0.339 e. The van der Waals surface area contributed by atoms with Crippen LogP contribution in [0.5, 0.6) is 11.5 Å². The van der Waals surface area contributed by atoms with Gasteiger partial charge in [0.2, 0.25) is 0 Å². The topological polar surface area (TPSA) is 44.8 Å². The minimum absolute atomic E-state index is 0.312. The standard InChI is InChI=1S/C17H14O4/c1-10-2-4-11(5-3-10)16-12-8-14-15(20-7-6-19-14)9-13(12)17(18)21-16/h2-5,8-9,16H,6-7H2,1H3/t16-/m1/s1. The van der Waals surface area contributed by atoms with Crippen molar-refractivity contribution >= 4 is 5.97 Å². The molecule has 4 heteroatoms. The molecule has 0 radical (unpaired) electrons. The van der Waals surface area contributed by atoms with Gasteiger partial charge in [-0.25, -0.2) is 4.79 Å². The largest absolute Gasteiger partial charge is 0.486 e. The van der Waals surface area contributed by atoms with Crippen LogP contribution >= 0.6 is 0 Å². The van der Waals surface area contributed by atoms with Gasteiger partial charge in [0.05, 0.1) is 5.56 Å². The zero-order valence-corrected chi connectivity index (χ0v) is 11.6. The third kappa shape index (κ3) is 1.95. The summed E-state index contributed by atoms with van der Waals surface area (Å²) in [5.41, 5.74) is 3.53.